The zero-order valence-corrected chi connectivity index (χ0v) is 24.0. The third-order valence-electron chi connectivity index (χ3n) is 6.19. The molecule has 0 fully saturated rings. The molecular weight excluding hydrogens is 584 g/mol. The topological polar surface area (TPSA) is 7.12 Å². The summed E-state index contributed by atoms with van der Waals surface area (Å²) in [5.41, 5.74) is 7.85. The molecule has 4 aromatic rings. The van der Waals surface area contributed by atoms with Gasteiger partial charge in [-0.2, -0.15) is 4.57 Å². The number of hydrogen-bond acceptors (Lipinski definition) is 1. The van der Waals surface area contributed by atoms with E-state index in [2.05, 4.69) is 141 Å². The lowest BCUT2D eigenvalue weighted by Gasteiger charge is -2.20. The van der Waals surface area contributed by atoms with E-state index < -0.39 is 0 Å². The molecule has 5 heteroatoms. The van der Waals surface area contributed by atoms with Crippen LogP contribution in [-0.4, -0.2) is 13.1 Å². The molecule has 0 atom stereocenters. The van der Waals surface area contributed by atoms with Crippen LogP contribution in [0.2, 0.25) is 5.02 Å². The maximum Gasteiger partial charge on any atom is 0.213 e. The first kappa shape index (κ1) is 25.7. The fourth-order valence-corrected chi connectivity index (χ4v) is 5.23. The van der Waals surface area contributed by atoms with Crippen LogP contribution in [0.25, 0.3) is 34.5 Å². The zero-order chi connectivity index (χ0) is 24.9. The summed E-state index contributed by atoms with van der Waals surface area (Å²) in [6.45, 7) is 6.38. The van der Waals surface area contributed by atoms with Crippen molar-refractivity contribution >= 4 is 61.3 Å². The fraction of sp³-hybridized carbons (Fsp3) is 0.167. The number of rotatable bonds is 7. The Hall–Kier alpha value is -2.40. The van der Waals surface area contributed by atoms with Crippen molar-refractivity contribution in [3.05, 3.63) is 104 Å². The molecule has 1 aromatic heterocycles. The van der Waals surface area contributed by atoms with Gasteiger partial charge < -0.3 is 4.90 Å². The molecule has 0 saturated carbocycles. The summed E-state index contributed by atoms with van der Waals surface area (Å²) in [6.07, 6.45) is 4.34. The quantitative estimate of drug-likeness (QED) is 0.189. The lowest BCUT2D eigenvalue weighted by Crippen LogP contribution is -2.34. The van der Waals surface area contributed by atoms with Gasteiger partial charge in [0, 0.05) is 62.1 Å². The molecule has 0 radical (unpaired) electrons. The van der Waals surface area contributed by atoms with Crippen LogP contribution < -0.4 is 9.47 Å². The maximum atomic E-state index is 6.65. The lowest BCUT2D eigenvalue weighted by molar-refractivity contribution is -0.662. The van der Waals surface area contributed by atoms with Crippen molar-refractivity contribution in [1.82, 2.24) is 0 Å². The highest BCUT2D eigenvalue weighted by atomic mass is 79.9. The Bertz CT molecular complexity index is 1340. The Morgan fingerprint density at radius 2 is 1.43 bits per heavy atom. The lowest BCUT2D eigenvalue weighted by atomic mass is 10.0. The van der Waals surface area contributed by atoms with Crippen LogP contribution in [0, 0.1) is 0 Å². The van der Waals surface area contributed by atoms with Gasteiger partial charge in [0.25, 0.3) is 0 Å². The van der Waals surface area contributed by atoms with Gasteiger partial charge in [0.05, 0.1) is 0 Å². The molecule has 1 heterocycles. The van der Waals surface area contributed by atoms with Gasteiger partial charge in [-0.1, -0.05) is 61.7 Å². The van der Waals surface area contributed by atoms with E-state index in [0.717, 1.165) is 60.7 Å². The number of aromatic nitrogens is 1. The van der Waals surface area contributed by atoms with Gasteiger partial charge in [0.15, 0.2) is 0 Å². The highest BCUT2D eigenvalue weighted by molar-refractivity contribution is 9.10. The summed E-state index contributed by atoms with van der Waals surface area (Å²) in [6, 6.07) is 27.6. The smallest absolute Gasteiger partial charge is 0.213 e. The minimum Gasteiger partial charge on any atom is -0.372 e. The summed E-state index contributed by atoms with van der Waals surface area (Å²) in [5, 5.41) is 0.719. The first-order valence-corrected chi connectivity index (χ1v) is 13.6. The van der Waals surface area contributed by atoms with Crippen molar-refractivity contribution in [3.63, 3.8) is 0 Å². The van der Waals surface area contributed by atoms with E-state index in [4.69, 9.17) is 11.6 Å². The van der Waals surface area contributed by atoms with Gasteiger partial charge in [0.2, 0.25) is 11.4 Å². The SMILES string of the molecule is CCN(CC)c1ccc(C=Cc2cc(-c3ccc(Br)cc3Cl)cc(-c3ccc(Br)cc3)[n+]2C)cc1. The van der Waals surface area contributed by atoms with Crippen LogP contribution in [0.4, 0.5) is 5.69 Å². The van der Waals surface area contributed by atoms with Gasteiger partial charge in [-0.3, -0.25) is 0 Å². The number of benzene rings is 3. The first-order valence-electron chi connectivity index (χ1n) is 11.7. The van der Waals surface area contributed by atoms with Crippen molar-refractivity contribution in [3.8, 4) is 22.4 Å². The molecule has 0 aliphatic heterocycles. The summed E-state index contributed by atoms with van der Waals surface area (Å²) >= 11 is 13.7. The van der Waals surface area contributed by atoms with Crippen LogP contribution in [0.5, 0.6) is 0 Å². The van der Waals surface area contributed by atoms with Gasteiger partial charge >= 0.3 is 0 Å². The second-order valence-corrected chi connectivity index (χ2v) is 10.6. The molecule has 178 valence electrons. The van der Waals surface area contributed by atoms with Crippen LogP contribution in [0.1, 0.15) is 25.1 Å². The van der Waals surface area contributed by atoms with Crippen molar-refractivity contribution in [1.29, 1.82) is 0 Å². The summed E-state index contributed by atoms with van der Waals surface area (Å²) in [4.78, 5) is 2.35. The Kier molecular flexibility index (Phi) is 8.48. The Labute approximate surface area is 230 Å². The third-order valence-corrected chi connectivity index (χ3v) is 7.53. The van der Waals surface area contributed by atoms with E-state index in [9.17, 15) is 0 Å². The molecule has 0 aliphatic carbocycles. The molecule has 4 rings (SSSR count). The minimum atomic E-state index is 0.719. The summed E-state index contributed by atoms with van der Waals surface area (Å²) in [7, 11) is 2.10. The molecule has 3 aromatic carbocycles. The number of nitrogens with zero attached hydrogens (tertiary/aromatic N) is 2. The molecular formula is C30H28Br2ClN2+. The van der Waals surface area contributed by atoms with Gasteiger partial charge in [-0.05, 0) is 79.6 Å². The zero-order valence-electron chi connectivity index (χ0n) is 20.1. The number of hydrogen-bond donors (Lipinski definition) is 0. The van der Waals surface area contributed by atoms with Gasteiger partial charge in [-0.25, -0.2) is 0 Å². The van der Waals surface area contributed by atoms with Gasteiger partial charge in [0.1, 0.15) is 7.05 Å². The van der Waals surface area contributed by atoms with E-state index in [1.54, 1.807) is 0 Å². The average Bonchev–Trinajstić information content (AvgIpc) is 2.86. The second kappa shape index (κ2) is 11.6. The van der Waals surface area contributed by atoms with E-state index in [1.165, 1.54) is 5.69 Å². The molecule has 0 aliphatic rings. The van der Waals surface area contributed by atoms with Gasteiger partial charge in [-0.15, -0.1) is 0 Å². The summed E-state index contributed by atoms with van der Waals surface area (Å²) in [5.74, 6) is 0. The molecule has 0 amide bonds. The maximum absolute atomic E-state index is 6.65. The fourth-order valence-electron chi connectivity index (χ4n) is 4.18. The van der Waals surface area contributed by atoms with Crippen LogP contribution in [0.3, 0.4) is 0 Å². The molecule has 0 saturated heterocycles. The van der Waals surface area contributed by atoms with E-state index in [0.29, 0.717) is 0 Å². The molecule has 0 N–H and O–H groups in total. The Balaban J connectivity index is 1.78. The standard InChI is InChI=1S/C30H28Br2ClN2/c1-4-35(5-2)26-14-6-21(7-15-26)8-16-27-18-23(28-17-13-25(32)20-29(28)33)19-30(34(27)3)22-9-11-24(31)12-10-22/h6-20H,4-5H2,1-3H3/q+1. The normalized spacial score (nSPS) is 11.3. The largest absolute Gasteiger partial charge is 0.372 e. The molecule has 2 nitrogen and oxygen atoms in total. The van der Waals surface area contributed by atoms with Crippen molar-refractivity contribution in [2.24, 2.45) is 7.05 Å². The number of anilines is 1. The van der Waals surface area contributed by atoms with Crippen LogP contribution in [-0.2, 0) is 7.05 Å². The third kappa shape index (κ3) is 6.06. The van der Waals surface area contributed by atoms with Crippen LogP contribution in [0.15, 0.2) is 87.8 Å². The minimum absolute atomic E-state index is 0.719. The Morgan fingerprint density at radius 1 is 0.771 bits per heavy atom. The predicted octanol–water partition coefficient (Wildman–Crippen LogP) is 9.04. The summed E-state index contributed by atoms with van der Waals surface area (Å²) < 4.78 is 4.25. The monoisotopic (exact) mass is 609 g/mol. The molecule has 35 heavy (non-hydrogen) atoms. The highest BCUT2D eigenvalue weighted by Gasteiger charge is 2.18. The average molecular weight is 612 g/mol. The predicted molar refractivity (Wildman–Crippen MR) is 158 cm³/mol. The Morgan fingerprint density at radius 3 is 2.06 bits per heavy atom. The molecule has 0 bridgehead atoms. The molecule has 0 spiro atoms. The number of pyridine rings is 1. The van der Waals surface area contributed by atoms with E-state index >= 15 is 0 Å². The molecule has 0 unspecified atom stereocenters. The van der Waals surface area contributed by atoms with Crippen molar-refractivity contribution < 1.29 is 4.57 Å². The van der Waals surface area contributed by atoms with Crippen molar-refractivity contribution in [2.45, 2.75) is 13.8 Å². The van der Waals surface area contributed by atoms with Crippen LogP contribution >= 0.6 is 43.5 Å². The second-order valence-electron chi connectivity index (χ2n) is 8.34. The van der Waals surface area contributed by atoms with E-state index in [-0.39, 0.29) is 0 Å². The highest BCUT2D eigenvalue weighted by Crippen LogP contribution is 2.33. The first-order chi connectivity index (χ1) is 16.9. The number of halogens is 3. The van der Waals surface area contributed by atoms with E-state index in [1.807, 2.05) is 12.1 Å². The van der Waals surface area contributed by atoms with Crippen molar-refractivity contribution in [2.75, 3.05) is 18.0 Å².